The van der Waals surface area contributed by atoms with Crippen LogP contribution in [0.2, 0.25) is 0 Å². The monoisotopic (exact) mass is 196 g/mol. The van der Waals surface area contributed by atoms with Crippen LogP contribution in [0.4, 0.5) is 0 Å². The molecule has 0 saturated carbocycles. The van der Waals surface area contributed by atoms with Crippen molar-refractivity contribution in [1.82, 2.24) is 0 Å². The lowest BCUT2D eigenvalue weighted by Crippen LogP contribution is -2.32. The summed E-state index contributed by atoms with van der Waals surface area (Å²) in [5.74, 6) is -4.76. The highest BCUT2D eigenvalue weighted by Gasteiger charge is 2.50. The molecule has 5 nitrogen and oxygen atoms in total. The fourth-order valence-corrected chi connectivity index (χ4v) is 1.92. The Morgan fingerprint density at radius 2 is 2.14 bits per heavy atom. The molecule has 0 aromatic rings. The van der Waals surface area contributed by atoms with Gasteiger partial charge in [0.1, 0.15) is 0 Å². The molecule has 1 saturated heterocycles. The van der Waals surface area contributed by atoms with E-state index in [2.05, 4.69) is 4.74 Å². The average molecular weight is 196 g/mol. The molecule has 0 bridgehead atoms. The van der Waals surface area contributed by atoms with Gasteiger partial charge in [0.15, 0.2) is 0 Å². The smallest absolute Gasteiger partial charge is 0.318 e. The summed E-state index contributed by atoms with van der Waals surface area (Å²) in [4.78, 5) is 33.1. The van der Waals surface area contributed by atoms with Crippen molar-refractivity contribution in [3.8, 4) is 0 Å². The van der Waals surface area contributed by atoms with Crippen molar-refractivity contribution in [3.63, 3.8) is 0 Å². The summed E-state index contributed by atoms with van der Waals surface area (Å²) in [6.45, 7) is 0. The summed E-state index contributed by atoms with van der Waals surface area (Å²) >= 11 is 0. The van der Waals surface area contributed by atoms with Crippen molar-refractivity contribution < 1.29 is 24.2 Å². The van der Waals surface area contributed by atoms with E-state index in [0.29, 0.717) is 6.42 Å². The number of fused-ring (bicyclic) bond motifs is 1. The number of carbonyl (C=O) groups is 3. The topological polar surface area (TPSA) is 80.7 Å². The Bertz CT molecular complexity index is 343. The third kappa shape index (κ3) is 1.13. The first-order valence-electron chi connectivity index (χ1n) is 4.26. The summed E-state index contributed by atoms with van der Waals surface area (Å²) in [6, 6.07) is 0. The molecule has 14 heavy (non-hydrogen) atoms. The molecule has 1 heterocycles. The Morgan fingerprint density at radius 1 is 1.43 bits per heavy atom. The number of carbonyl (C=O) groups excluding carboxylic acids is 2. The van der Waals surface area contributed by atoms with Crippen molar-refractivity contribution in [2.24, 2.45) is 17.8 Å². The quantitative estimate of drug-likeness (QED) is 0.361. The molecule has 2 aliphatic rings. The third-order valence-electron chi connectivity index (χ3n) is 2.62. The van der Waals surface area contributed by atoms with Gasteiger partial charge in [-0.3, -0.25) is 14.4 Å². The molecule has 1 aliphatic carbocycles. The van der Waals surface area contributed by atoms with Crippen molar-refractivity contribution in [1.29, 1.82) is 0 Å². The molecule has 3 unspecified atom stereocenters. The molecule has 74 valence electrons. The predicted molar refractivity (Wildman–Crippen MR) is 43.0 cm³/mol. The molecule has 0 amide bonds. The van der Waals surface area contributed by atoms with Crippen LogP contribution in [0, 0.1) is 17.8 Å². The Labute approximate surface area is 79.3 Å². The van der Waals surface area contributed by atoms with Gasteiger partial charge >= 0.3 is 17.9 Å². The van der Waals surface area contributed by atoms with Crippen LogP contribution in [0.25, 0.3) is 0 Å². The van der Waals surface area contributed by atoms with E-state index in [-0.39, 0.29) is 0 Å². The number of cyclic esters (lactones) is 2. The van der Waals surface area contributed by atoms with Crippen LogP contribution >= 0.6 is 0 Å². The fraction of sp³-hybridized carbons (Fsp3) is 0.444. The molecule has 0 spiro atoms. The van der Waals surface area contributed by atoms with Gasteiger partial charge in [-0.2, -0.15) is 0 Å². The maximum atomic E-state index is 11.2. The maximum absolute atomic E-state index is 11.2. The van der Waals surface area contributed by atoms with Gasteiger partial charge in [-0.25, -0.2) is 0 Å². The van der Waals surface area contributed by atoms with E-state index in [1.165, 1.54) is 6.08 Å². The summed E-state index contributed by atoms with van der Waals surface area (Å²) in [5, 5.41) is 8.82. The number of hydrogen-bond acceptors (Lipinski definition) is 4. The number of esters is 2. The Kier molecular flexibility index (Phi) is 1.87. The molecular weight excluding hydrogens is 188 g/mol. The highest BCUT2D eigenvalue weighted by atomic mass is 16.6. The Balaban J connectivity index is 2.35. The molecular formula is C9H8O5. The van der Waals surface area contributed by atoms with Crippen LogP contribution in [0.5, 0.6) is 0 Å². The van der Waals surface area contributed by atoms with Crippen molar-refractivity contribution in [2.75, 3.05) is 0 Å². The first-order valence-corrected chi connectivity index (χ1v) is 4.26. The van der Waals surface area contributed by atoms with E-state index < -0.39 is 35.7 Å². The predicted octanol–water partition coefficient (Wildman–Crippen LogP) is -0.0371. The molecule has 1 fully saturated rings. The number of rotatable bonds is 1. The lowest BCUT2D eigenvalue weighted by Gasteiger charge is -2.20. The van der Waals surface area contributed by atoms with Crippen LogP contribution in [-0.4, -0.2) is 23.0 Å². The third-order valence-corrected chi connectivity index (χ3v) is 2.62. The van der Waals surface area contributed by atoms with Crippen molar-refractivity contribution in [2.45, 2.75) is 6.42 Å². The Morgan fingerprint density at radius 3 is 2.79 bits per heavy atom. The highest BCUT2D eigenvalue weighted by Crippen LogP contribution is 2.37. The molecule has 5 heteroatoms. The number of ether oxygens (including phenoxy) is 1. The second-order valence-electron chi connectivity index (χ2n) is 3.40. The minimum atomic E-state index is -1.09. The first kappa shape index (κ1) is 8.93. The van der Waals surface area contributed by atoms with E-state index in [9.17, 15) is 14.4 Å². The van der Waals surface area contributed by atoms with Gasteiger partial charge in [-0.1, -0.05) is 12.2 Å². The van der Waals surface area contributed by atoms with Crippen molar-refractivity contribution >= 4 is 17.9 Å². The zero-order valence-corrected chi connectivity index (χ0v) is 7.17. The maximum Gasteiger partial charge on any atom is 0.318 e. The molecule has 0 radical (unpaired) electrons. The van der Waals surface area contributed by atoms with E-state index in [1.807, 2.05) is 0 Å². The lowest BCUT2D eigenvalue weighted by molar-refractivity contribution is -0.155. The lowest BCUT2D eigenvalue weighted by atomic mass is 9.77. The summed E-state index contributed by atoms with van der Waals surface area (Å²) in [6.07, 6.45) is 3.45. The van der Waals surface area contributed by atoms with Gasteiger partial charge in [0.2, 0.25) is 0 Å². The van der Waals surface area contributed by atoms with Gasteiger partial charge in [0.05, 0.1) is 17.8 Å². The van der Waals surface area contributed by atoms with E-state index in [1.54, 1.807) is 6.08 Å². The molecule has 1 aliphatic heterocycles. The SMILES string of the molecule is O=C(O)C1C=CCC2C(=O)OC(=O)C12. The molecule has 3 atom stereocenters. The van der Waals surface area contributed by atoms with Gasteiger partial charge in [0, 0.05) is 0 Å². The number of allylic oxidation sites excluding steroid dienone is 1. The summed E-state index contributed by atoms with van der Waals surface area (Å²) in [7, 11) is 0. The van der Waals surface area contributed by atoms with Crippen LogP contribution < -0.4 is 0 Å². The number of aliphatic carboxylic acids is 1. The minimum absolute atomic E-state index is 0.388. The van der Waals surface area contributed by atoms with Gasteiger partial charge < -0.3 is 9.84 Å². The normalized spacial score (nSPS) is 35.3. The second kappa shape index (κ2) is 2.94. The molecule has 0 aromatic carbocycles. The number of carboxylic acids is 1. The highest BCUT2D eigenvalue weighted by molar-refractivity contribution is 5.99. The van der Waals surface area contributed by atoms with Crippen molar-refractivity contribution in [3.05, 3.63) is 12.2 Å². The fourth-order valence-electron chi connectivity index (χ4n) is 1.92. The standard InChI is InChI=1S/C9H8O5/c10-7(11)4-2-1-3-5-6(4)9(13)14-8(5)12/h1-2,4-6H,3H2,(H,10,11). The van der Waals surface area contributed by atoms with Crippen LogP contribution in [0.1, 0.15) is 6.42 Å². The first-order chi connectivity index (χ1) is 6.61. The van der Waals surface area contributed by atoms with Crippen LogP contribution in [0.15, 0.2) is 12.2 Å². The largest absolute Gasteiger partial charge is 0.481 e. The second-order valence-corrected chi connectivity index (χ2v) is 3.40. The Hall–Kier alpha value is -1.65. The molecule has 0 aromatic heterocycles. The summed E-state index contributed by atoms with van der Waals surface area (Å²) in [5.41, 5.74) is 0. The van der Waals surface area contributed by atoms with E-state index in [4.69, 9.17) is 5.11 Å². The van der Waals surface area contributed by atoms with E-state index >= 15 is 0 Å². The van der Waals surface area contributed by atoms with Crippen LogP contribution in [-0.2, 0) is 19.1 Å². The number of hydrogen-bond donors (Lipinski definition) is 1. The molecule has 2 rings (SSSR count). The zero-order valence-electron chi connectivity index (χ0n) is 7.17. The van der Waals surface area contributed by atoms with Gasteiger partial charge in [-0.15, -0.1) is 0 Å². The van der Waals surface area contributed by atoms with Crippen LogP contribution in [0.3, 0.4) is 0 Å². The number of carboxylic acid groups (broad SMARTS) is 1. The van der Waals surface area contributed by atoms with Gasteiger partial charge in [0.25, 0.3) is 0 Å². The average Bonchev–Trinajstić information content (AvgIpc) is 2.43. The summed E-state index contributed by atoms with van der Waals surface area (Å²) < 4.78 is 4.41. The minimum Gasteiger partial charge on any atom is -0.481 e. The zero-order chi connectivity index (χ0) is 10.3. The van der Waals surface area contributed by atoms with Gasteiger partial charge in [-0.05, 0) is 6.42 Å². The molecule has 1 N–H and O–H groups in total. The van der Waals surface area contributed by atoms with E-state index in [0.717, 1.165) is 0 Å².